The first-order valence-electron chi connectivity index (χ1n) is 4.87. The molecule has 0 aromatic carbocycles. The van der Waals surface area contributed by atoms with Gasteiger partial charge >= 0.3 is 0 Å². The van der Waals surface area contributed by atoms with E-state index in [2.05, 4.69) is 24.1 Å². The molecule has 0 aromatic rings. The van der Waals surface area contributed by atoms with Crippen LogP contribution in [0.3, 0.4) is 0 Å². The largest absolute Gasteiger partial charge is 0.366 e. The van der Waals surface area contributed by atoms with Crippen molar-refractivity contribution in [1.82, 2.24) is 10.2 Å². The van der Waals surface area contributed by atoms with E-state index in [0.717, 1.165) is 33.0 Å². The van der Waals surface area contributed by atoms with Crippen molar-refractivity contribution >= 4 is 0 Å². The third-order valence-electron chi connectivity index (χ3n) is 2.40. The second kappa shape index (κ2) is 5.51. The maximum Gasteiger partial charge on any atom is 0.0965 e. The van der Waals surface area contributed by atoms with Crippen molar-refractivity contribution in [3.05, 3.63) is 0 Å². The Bertz CT molecular complexity index is 109. The third-order valence-corrected chi connectivity index (χ3v) is 2.40. The quantitative estimate of drug-likeness (QED) is 0.669. The smallest absolute Gasteiger partial charge is 0.0965 e. The zero-order chi connectivity index (χ0) is 8.81. The fourth-order valence-corrected chi connectivity index (χ4v) is 1.58. The highest BCUT2D eigenvalue weighted by molar-refractivity contribution is 4.68. The lowest BCUT2D eigenvalue weighted by atomic mass is 10.1. The van der Waals surface area contributed by atoms with E-state index < -0.39 is 0 Å². The van der Waals surface area contributed by atoms with Crippen LogP contribution in [0.4, 0.5) is 0 Å². The molecule has 1 atom stereocenters. The number of nitrogens with one attached hydrogen (secondary N) is 1. The summed E-state index contributed by atoms with van der Waals surface area (Å²) in [4.78, 5) is 2.45. The van der Waals surface area contributed by atoms with E-state index in [0.29, 0.717) is 5.92 Å². The zero-order valence-electron chi connectivity index (χ0n) is 8.18. The minimum atomic E-state index is 0.679. The van der Waals surface area contributed by atoms with Crippen LogP contribution in [-0.2, 0) is 4.74 Å². The molecule has 1 aliphatic rings. The Labute approximate surface area is 75.1 Å². The molecule has 0 aliphatic carbocycles. The average molecular weight is 172 g/mol. The lowest BCUT2D eigenvalue weighted by molar-refractivity contribution is 0.0329. The van der Waals surface area contributed by atoms with Gasteiger partial charge in [0.05, 0.1) is 13.3 Å². The molecular formula is C9H20N2O. The summed E-state index contributed by atoms with van der Waals surface area (Å²) < 4.78 is 5.33. The van der Waals surface area contributed by atoms with Gasteiger partial charge in [0.15, 0.2) is 0 Å². The fourth-order valence-electron chi connectivity index (χ4n) is 1.58. The zero-order valence-corrected chi connectivity index (χ0v) is 8.18. The van der Waals surface area contributed by atoms with Crippen molar-refractivity contribution in [2.75, 3.05) is 39.5 Å². The van der Waals surface area contributed by atoms with Gasteiger partial charge in [-0.2, -0.15) is 0 Å². The Kier molecular flexibility index (Phi) is 4.58. The molecule has 1 saturated heterocycles. The molecular weight excluding hydrogens is 152 g/mol. The van der Waals surface area contributed by atoms with E-state index in [1.165, 1.54) is 6.54 Å². The van der Waals surface area contributed by atoms with Crippen molar-refractivity contribution in [3.8, 4) is 0 Å². The summed E-state index contributed by atoms with van der Waals surface area (Å²) in [6, 6.07) is 0. The van der Waals surface area contributed by atoms with Crippen LogP contribution in [0.1, 0.15) is 13.8 Å². The summed E-state index contributed by atoms with van der Waals surface area (Å²) in [5, 5.41) is 3.24. The van der Waals surface area contributed by atoms with Crippen LogP contribution in [0.5, 0.6) is 0 Å². The molecule has 0 spiro atoms. The first kappa shape index (κ1) is 9.96. The fraction of sp³-hybridized carbons (Fsp3) is 1.00. The molecule has 3 heteroatoms. The first-order chi connectivity index (χ1) is 5.86. The molecule has 0 amide bonds. The summed E-state index contributed by atoms with van der Waals surface area (Å²) in [6.45, 7) is 10.6. The van der Waals surface area contributed by atoms with Crippen LogP contribution in [0.25, 0.3) is 0 Å². The highest BCUT2D eigenvalue weighted by Crippen LogP contribution is 2.03. The lowest BCUT2D eigenvalue weighted by Gasteiger charge is -2.28. The van der Waals surface area contributed by atoms with Crippen LogP contribution in [0.2, 0.25) is 0 Å². The van der Waals surface area contributed by atoms with Crippen molar-refractivity contribution in [2.45, 2.75) is 13.8 Å². The van der Waals surface area contributed by atoms with Gasteiger partial charge < -0.3 is 9.64 Å². The second-order valence-electron chi connectivity index (χ2n) is 3.32. The molecule has 0 radical (unpaired) electrons. The van der Waals surface area contributed by atoms with Crippen molar-refractivity contribution < 1.29 is 4.74 Å². The average Bonchev–Trinajstić information content (AvgIpc) is 2.16. The van der Waals surface area contributed by atoms with Crippen LogP contribution < -0.4 is 5.32 Å². The van der Waals surface area contributed by atoms with Gasteiger partial charge in [-0.25, -0.2) is 0 Å². The second-order valence-corrected chi connectivity index (χ2v) is 3.32. The molecule has 72 valence electrons. The standard InChI is InChI=1S/C9H20N2O/c1-3-11(4-2)6-9-5-10-8-12-7-9/h9-10H,3-8H2,1-2H3. The summed E-state index contributed by atoms with van der Waals surface area (Å²) in [6.07, 6.45) is 0. The van der Waals surface area contributed by atoms with Gasteiger partial charge in [0, 0.05) is 19.0 Å². The SMILES string of the molecule is CCN(CC)CC1CNCOC1. The van der Waals surface area contributed by atoms with Gasteiger partial charge in [0.2, 0.25) is 0 Å². The Morgan fingerprint density at radius 2 is 2.17 bits per heavy atom. The molecule has 12 heavy (non-hydrogen) atoms. The number of hydrogen-bond acceptors (Lipinski definition) is 3. The van der Waals surface area contributed by atoms with Gasteiger partial charge in [-0.15, -0.1) is 0 Å². The van der Waals surface area contributed by atoms with Gasteiger partial charge in [-0.05, 0) is 13.1 Å². The Balaban J connectivity index is 2.18. The highest BCUT2D eigenvalue weighted by atomic mass is 16.5. The van der Waals surface area contributed by atoms with Gasteiger partial charge in [0.25, 0.3) is 0 Å². The molecule has 0 bridgehead atoms. The van der Waals surface area contributed by atoms with Crippen LogP contribution in [-0.4, -0.2) is 44.4 Å². The normalized spacial score (nSPS) is 24.8. The van der Waals surface area contributed by atoms with E-state index in [-0.39, 0.29) is 0 Å². The maximum absolute atomic E-state index is 5.33. The minimum Gasteiger partial charge on any atom is -0.366 e. The summed E-state index contributed by atoms with van der Waals surface area (Å²) in [5.74, 6) is 0.679. The summed E-state index contributed by atoms with van der Waals surface area (Å²) >= 11 is 0. The van der Waals surface area contributed by atoms with E-state index in [1.807, 2.05) is 0 Å². The predicted octanol–water partition coefficient (Wildman–Crippen LogP) is 0.522. The summed E-state index contributed by atoms with van der Waals surface area (Å²) in [7, 11) is 0. The van der Waals surface area contributed by atoms with E-state index in [9.17, 15) is 0 Å². The summed E-state index contributed by atoms with van der Waals surface area (Å²) in [5.41, 5.74) is 0. The number of rotatable bonds is 4. The van der Waals surface area contributed by atoms with Gasteiger partial charge in [-0.1, -0.05) is 13.8 Å². The Morgan fingerprint density at radius 1 is 1.42 bits per heavy atom. The molecule has 1 rings (SSSR count). The molecule has 1 heterocycles. The molecule has 3 nitrogen and oxygen atoms in total. The van der Waals surface area contributed by atoms with Crippen molar-refractivity contribution in [3.63, 3.8) is 0 Å². The maximum atomic E-state index is 5.33. The molecule has 1 unspecified atom stereocenters. The van der Waals surface area contributed by atoms with E-state index in [4.69, 9.17) is 4.74 Å². The third kappa shape index (κ3) is 3.09. The molecule has 0 saturated carbocycles. The molecule has 1 aliphatic heterocycles. The number of hydrogen-bond donors (Lipinski definition) is 1. The highest BCUT2D eigenvalue weighted by Gasteiger charge is 2.15. The van der Waals surface area contributed by atoms with Gasteiger partial charge in [-0.3, -0.25) is 5.32 Å². The number of nitrogens with zero attached hydrogens (tertiary/aromatic N) is 1. The van der Waals surface area contributed by atoms with E-state index in [1.54, 1.807) is 0 Å². The Hall–Kier alpha value is -0.120. The first-order valence-corrected chi connectivity index (χ1v) is 4.87. The predicted molar refractivity (Wildman–Crippen MR) is 50.1 cm³/mol. The van der Waals surface area contributed by atoms with Crippen LogP contribution in [0, 0.1) is 5.92 Å². The van der Waals surface area contributed by atoms with Crippen molar-refractivity contribution in [1.29, 1.82) is 0 Å². The van der Waals surface area contributed by atoms with E-state index >= 15 is 0 Å². The monoisotopic (exact) mass is 172 g/mol. The van der Waals surface area contributed by atoms with Gasteiger partial charge in [0.1, 0.15) is 0 Å². The topological polar surface area (TPSA) is 24.5 Å². The molecule has 1 N–H and O–H groups in total. The molecule has 0 aromatic heterocycles. The lowest BCUT2D eigenvalue weighted by Crippen LogP contribution is -2.41. The minimum absolute atomic E-state index is 0.679. The molecule has 1 fully saturated rings. The number of ether oxygens (including phenoxy) is 1. The Morgan fingerprint density at radius 3 is 2.67 bits per heavy atom. The van der Waals surface area contributed by atoms with Crippen LogP contribution in [0.15, 0.2) is 0 Å². The van der Waals surface area contributed by atoms with Crippen molar-refractivity contribution in [2.24, 2.45) is 5.92 Å². The van der Waals surface area contributed by atoms with Crippen LogP contribution >= 0.6 is 0 Å².